The van der Waals surface area contributed by atoms with Gasteiger partial charge in [-0.2, -0.15) is 9.97 Å². The molecule has 232 valence electrons. The van der Waals surface area contributed by atoms with Crippen LogP contribution in [0.25, 0.3) is 32.8 Å². The van der Waals surface area contributed by atoms with E-state index in [2.05, 4.69) is 16.5 Å². The second-order valence-electron chi connectivity index (χ2n) is 12.6. The van der Waals surface area contributed by atoms with Crippen molar-refractivity contribution in [1.82, 2.24) is 19.8 Å². The van der Waals surface area contributed by atoms with Crippen LogP contribution in [0.5, 0.6) is 6.01 Å². The maximum Gasteiger partial charge on any atom is 0.319 e. The first-order chi connectivity index (χ1) is 21.8. The van der Waals surface area contributed by atoms with E-state index in [0.717, 1.165) is 38.8 Å². The molecule has 4 fully saturated rings. The lowest BCUT2D eigenvalue weighted by atomic mass is 9.94. The van der Waals surface area contributed by atoms with Crippen LogP contribution < -0.4 is 9.64 Å². The molecule has 0 saturated carbocycles. The van der Waals surface area contributed by atoms with Crippen LogP contribution in [-0.2, 0) is 4.79 Å². The topological polar surface area (TPSA) is 61.8 Å². The zero-order chi connectivity index (χ0) is 31.0. The average Bonchev–Trinajstić information content (AvgIpc) is 3.70. The summed E-state index contributed by atoms with van der Waals surface area (Å²) in [5.74, 6) is -2.35. The van der Waals surface area contributed by atoms with E-state index in [1.54, 1.807) is 36.4 Å². The quantitative estimate of drug-likeness (QED) is 0.221. The minimum Gasteiger partial charge on any atom is -0.461 e. The second kappa shape index (κ2) is 10.6. The predicted octanol–water partition coefficient (Wildman–Crippen LogP) is 6.66. The molecule has 11 heteroatoms. The van der Waals surface area contributed by atoms with Gasteiger partial charge in [0.15, 0.2) is 11.6 Å². The highest BCUT2D eigenvalue weighted by molar-refractivity contribution is 6.37. The second-order valence-corrected chi connectivity index (χ2v) is 13.0. The molecule has 3 aromatic carbocycles. The third-order valence-corrected chi connectivity index (χ3v) is 10.7. The van der Waals surface area contributed by atoms with Gasteiger partial charge in [0, 0.05) is 29.4 Å². The van der Waals surface area contributed by atoms with Gasteiger partial charge >= 0.3 is 6.01 Å². The summed E-state index contributed by atoms with van der Waals surface area (Å²) in [7, 11) is 0. The molecule has 1 amide bonds. The fraction of sp³-hybridized carbons (Fsp3) is 0.382. The molecule has 1 unspecified atom stereocenters. The maximum absolute atomic E-state index is 16.7. The van der Waals surface area contributed by atoms with E-state index < -0.39 is 23.4 Å². The first kappa shape index (κ1) is 28.6. The normalized spacial score (nSPS) is 22.1. The Labute approximate surface area is 263 Å². The molecular weight excluding hydrogens is 603 g/mol. The summed E-state index contributed by atoms with van der Waals surface area (Å²) in [6.07, 6.45) is 4.89. The highest BCUT2D eigenvalue weighted by Crippen LogP contribution is 2.44. The lowest BCUT2D eigenvalue weighted by Gasteiger charge is -2.47. The SMILES string of the molecule is C=C(F)C(=O)N1CCC2[C@H]1CN2c1nc(OCC23CCCN2CCC3)nc2c(F)c(-c3cccc4ccc(F)c(Cl)c34)ccc12. The minimum absolute atomic E-state index is 0.0639. The Morgan fingerprint density at radius 1 is 1.02 bits per heavy atom. The molecule has 4 aliphatic heterocycles. The number of rotatable bonds is 6. The van der Waals surface area contributed by atoms with Gasteiger partial charge in [0.05, 0.1) is 22.6 Å². The fourth-order valence-electron chi connectivity index (χ4n) is 8.08. The third kappa shape index (κ3) is 4.40. The zero-order valence-electron chi connectivity index (χ0n) is 24.5. The van der Waals surface area contributed by atoms with Crippen molar-refractivity contribution < 1.29 is 22.7 Å². The van der Waals surface area contributed by atoms with Crippen LogP contribution in [0, 0.1) is 11.6 Å². The summed E-state index contributed by atoms with van der Waals surface area (Å²) in [5.41, 5.74) is 0.695. The molecule has 7 nitrogen and oxygen atoms in total. The van der Waals surface area contributed by atoms with Gasteiger partial charge in [0.1, 0.15) is 23.8 Å². The molecule has 0 spiro atoms. The van der Waals surface area contributed by atoms with Crippen molar-refractivity contribution in [3.05, 3.63) is 71.5 Å². The predicted molar refractivity (Wildman–Crippen MR) is 167 cm³/mol. The van der Waals surface area contributed by atoms with Crippen molar-refractivity contribution >= 4 is 45.0 Å². The molecule has 8 rings (SSSR count). The maximum atomic E-state index is 16.7. The summed E-state index contributed by atoms with van der Waals surface area (Å²) in [6.45, 7) is 6.47. The smallest absolute Gasteiger partial charge is 0.319 e. The van der Waals surface area contributed by atoms with Gasteiger partial charge in [0.25, 0.3) is 5.91 Å². The van der Waals surface area contributed by atoms with Crippen molar-refractivity contribution in [1.29, 1.82) is 0 Å². The van der Waals surface area contributed by atoms with E-state index in [9.17, 15) is 13.6 Å². The zero-order valence-corrected chi connectivity index (χ0v) is 25.3. The van der Waals surface area contributed by atoms with E-state index in [4.69, 9.17) is 21.3 Å². The molecule has 4 aromatic rings. The third-order valence-electron chi connectivity index (χ3n) is 10.3. The Kier molecular flexibility index (Phi) is 6.73. The molecule has 4 saturated heterocycles. The Bertz CT molecular complexity index is 1890. The highest BCUT2D eigenvalue weighted by atomic mass is 35.5. The highest BCUT2D eigenvalue weighted by Gasteiger charge is 2.50. The van der Waals surface area contributed by atoms with Crippen LogP contribution >= 0.6 is 11.6 Å². The van der Waals surface area contributed by atoms with Gasteiger partial charge in [-0.25, -0.2) is 13.2 Å². The average molecular weight is 634 g/mol. The summed E-state index contributed by atoms with van der Waals surface area (Å²) >= 11 is 6.41. The number of fused-ring (bicyclic) bond motifs is 4. The van der Waals surface area contributed by atoms with E-state index in [0.29, 0.717) is 53.7 Å². The van der Waals surface area contributed by atoms with Crippen LogP contribution in [0.1, 0.15) is 32.1 Å². The van der Waals surface area contributed by atoms with E-state index in [1.165, 1.54) is 11.0 Å². The largest absolute Gasteiger partial charge is 0.461 e. The number of nitrogens with zero attached hydrogens (tertiary/aromatic N) is 5. The molecule has 0 aliphatic carbocycles. The van der Waals surface area contributed by atoms with Crippen LogP contribution in [0.15, 0.2) is 54.9 Å². The Balaban J connectivity index is 1.23. The van der Waals surface area contributed by atoms with E-state index >= 15 is 4.39 Å². The number of hydrogen-bond acceptors (Lipinski definition) is 6. The van der Waals surface area contributed by atoms with Crippen molar-refractivity contribution in [3.63, 3.8) is 0 Å². The van der Waals surface area contributed by atoms with E-state index in [-0.39, 0.29) is 39.7 Å². The van der Waals surface area contributed by atoms with Crippen molar-refractivity contribution in [2.45, 2.75) is 49.7 Å². The summed E-state index contributed by atoms with van der Waals surface area (Å²) in [4.78, 5) is 27.9. The number of halogens is 4. The molecular formula is C34H31ClF3N5O2. The lowest BCUT2D eigenvalue weighted by molar-refractivity contribution is -0.130. The van der Waals surface area contributed by atoms with Crippen LogP contribution in [0.2, 0.25) is 5.02 Å². The molecule has 4 aliphatic rings. The molecule has 5 heterocycles. The Morgan fingerprint density at radius 2 is 1.82 bits per heavy atom. The summed E-state index contributed by atoms with van der Waals surface area (Å²) in [5, 5.41) is 1.52. The number of ether oxygens (including phenoxy) is 1. The van der Waals surface area contributed by atoms with E-state index in [1.807, 2.05) is 4.90 Å². The first-order valence-corrected chi connectivity index (χ1v) is 15.8. The number of likely N-dealkylation sites (tertiary alicyclic amines) is 1. The summed E-state index contributed by atoms with van der Waals surface area (Å²) in [6, 6.07) is 11.4. The summed E-state index contributed by atoms with van der Waals surface area (Å²) < 4.78 is 51.3. The number of carbonyl (C=O) groups excluding carboxylic acids is 1. The number of aromatic nitrogens is 2. The van der Waals surface area contributed by atoms with Gasteiger partial charge in [-0.3, -0.25) is 9.69 Å². The van der Waals surface area contributed by atoms with Gasteiger partial charge in [-0.1, -0.05) is 48.5 Å². The number of benzene rings is 3. The van der Waals surface area contributed by atoms with Gasteiger partial charge in [-0.05, 0) is 68.3 Å². The van der Waals surface area contributed by atoms with Crippen LogP contribution in [0.3, 0.4) is 0 Å². The Morgan fingerprint density at radius 3 is 2.60 bits per heavy atom. The van der Waals surface area contributed by atoms with Crippen molar-refractivity contribution in [3.8, 4) is 17.1 Å². The van der Waals surface area contributed by atoms with Gasteiger partial charge in [-0.15, -0.1) is 0 Å². The molecule has 0 N–H and O–H groups in total. The lowest BCUT2D eigenvalue weighted by Crippen LogP contribution is -2.63. The monoisotopic (exact) mass is 633 g/mol. The fourth-order valence-corrected chi connectivity index (χ4v) is 8.36. The Hall–Kier alpha value is -3.89. The van der Waals surface area contributed by atoms with Gasteiger partial charge < -0.3 is 14.5 Å². The number of amides is 1. The first-order valence-electron chi connectivity index (χ1n) is 15.4. The molecule has 2 atom stereocenters. The van der Waals surface area contributed by atoms with Crippen molar-refractivity contribution in [2.75, 3.05) is 37.7 Å². The van der Waals surface area contributed by atoms with Gasteiger partial charge in [0.2, 0.25) is 0 Å². The number of hydrogen-bond donors (Lipinski definition) is 0. The molecule has 45 heavy (non-hydrogen) atoms. The number of anilines is 1. The molecule has 0 bridgehead atoms. The minimum atomic E-state index is -0.979. The number of carbonyl (C=O) groups is 1. The molecule has 0 radical (unpaired) electrons. The molecule has 1 aromatic heterocycles. The van der Waals surface area contributed by atoms with Crippen molar-refractivity contribution in [2.24, 2.45) is 0 Å². The van der Waals surface area contributed by atoms with Crippen LogP contribution in [-0.4, -0.2) is 76.1 Å². The van der Waals surface area contributed by atoms with Crippen LogP contribution in [0.4, 0.5) is 19.0 Å². The standard InChI is InChI=1S/C34H31ClF3N5O2/c1-19(36)32(44)42-16-11-25-26(42)17-43(25)31-23-9-8-22(21-6-2-5-20-7-10-24(37)28(35)27(20)21)29(38)30(23)39-33(40-31)45-18-34-12-3-14-41(34)15-4-13-34/h2,5-10,25-26H,1,3-4,11-18H2/t25?,26-/m1/s1.